The Morgan fingerprint density at radius 1 is 1.21 bits per heavy atom. The van der Waals surface area contributed by atoms with Crippen molar-refractivity contribution in [2.24, 2.45) is 0 Å². The largest absolute Gasteiger partial charge is 0.309 e. The van der Waals surface area contributed by atoms with Gasteiger partial charge in [-0.1, -0.05) is 25.1 Å². The maximum absolute atomic E-state index is 4.38. The second kappa shape index (κ2) is 6.02. The van der Waals surface area contributed by atoms with Crippen LogP contribution >= 0.6 is 0 Å². The van der Waals surface area contributed by atoms with Crippen LogP contribution in [0.3, 0.4) is 0 Å². The lowest BCUT2D eigenvalue weighted by molar-refractivity contribution is 0.448. The Kier molecular flexibility index (Phi) is 4.38. The first-order chi connectivity index (χ1) is 9.10. The van der Waals surface area contributed by atoms with Gasteiger partial charge in [0.1, 0.15) is 0 Å². The maximum Gasteiger partial charge on any atom is 0.0604 e. The molecule has 0 spiro atoms. The van der Waals surface area contributed by atoms with Crippen LogP contribution in [0.2, 0.25) is 0 Å². The lowest BCUT2D eigenvalue weighted by Gasteiger charge is -2.19. The summed E-state index contributed by atoms with van der Waals surface area (Å²) in [5, 5.41) is 7.92. The first-order valence-corrected chi connectivity index (χ1v) is 6.89. The van der Waals surface area contributed by atoms with Crippen molar-refractivity contribution in [1.82, 2.24) is 15.1 Å². The molecular weight excluding hydrogens is 234 g/mol. The van der Waals surface area contributed by atoms with E-state index in [2.05, 4.69) is 62.5 Å². The molecule has 0 aliphatic heterocycles. The van der Waals surface area contributed by atoms with E-state index in [1.165, 1.54) is 22.3 Å². The summed E-state index contributed by atoms with van der Waals surface area (Å²) in [7, 11) is 0. The van der Waals surface area contributed by atoms with Crippen LogP contribution in [0.15, 0.2) is 30.6 Å². The topological polar surface area (TPSA) is 29.9 Å². The number of nitrogens with one attached hydrogen (secondary N) is 1. The van der Waals surface area contributed by atoms with Gasteiger partial charge >= 0.3 is 0 Å². The van der Waals surface area contributed by atoms with Crippen LogP contribution in [0.5, 0.6) is 0 Å². The van der Waals surface area contributed by atoms with Crippen molar-refractivity contribution in [3.05, 3.63) is 52.8 Å². The highest BCUT2D eigenvalue weighted by Gasteiger charge is 2.12. The van der Waals surface area contributed by atoms with Gasteiger partial charge in [0.05, 0.1) is 18.8 Å². The second-order valence-corrected chi connectivity index (χ2v) is 5.19. The Bertz CT molecular complexity index is 543. The van der Waals surface area contributed by atoms with Gasteiger partial charge in [-0.2, -0.15) is 5.10 Å². The summed E-state index contributed by atoms with van der Waals surface area (Å²) in [6.07, 6.45) is 3.99. The highest BCUT2D eigenvalue weighted by molar-refractivity contribution is 5.31. The third kappa shape index (κ3) is 3.44. The zero-order chi connectivity index (χ0) is 13.8. The standard InChI is InChI=1S/C16H23N3/c1-5-17-16(11-19-10-12(2)9-18-19)15-7-6-13(3)14(4)8-15/h6-10,16-17H,5,11H2,1-4H3. The van der Waals surface area contributed by atoms with Crippen molar-refractivity contribution in [3.63, 3.8) is 0 Å². The Morgan fingerprint density at radius 3 is 2.58 bits per heavy atom. The third-order valence-electron chi connectivity index (χ3n) is 3.52. The summed E-state index contributed by atoms with van der Waals surface area (Å²) < 4.78 is 2.01. The summed E-state index contributed by atoms with van der Waals surface area (Å²) in [5.41, 5.74) is 5.22. The van der Waals surface area contributed by atoms with Crippen molar-refractivity contribution in [2.75, 3.05) is 6.54 Å². The maximum atomic E-state index is 4.38. The number of nitrogens with zero attached hydrogens (tertiary/aromatic N) is 2. The molecule has 2 aromatic rings. The molecule has 19 heavy (non-hydrogen) atoms. The van der Waals surface area contributed by atoms with E-state index >= 15 is 0 Å². The zero-order valence-electron chi connectivity index (χ0n) is 12.3. The molecular formula is C16H23N3. The van der Waals surface area contributed by atoms with Crippen LogP contribution in [-0.2, 0) is 6.54 Å². The summed E-state index contributed by atoms with van der Waals surface area (Å²) >= 11 is 0. The second-order valence-electron chi connectivity index (χ2n) is 5.19. The predicted molar refractivity (Wildman–Crippen MR) is 79.3 cm³/mol. The number of hydrogen-bond donors (Lipinski definition) is 1. The van der Waals surface area contributed by atoms with E-state index in [9.17, 15) is 0 Å². The SMILES string of the molecule is CCNC(Cn1cc(C)cn1)c1ccc(C)c(C)c1. The first kappa shape index (κ1) is 13.8. The molecule has 0 aliphatic carbocycles. The summed E-state index contributed by atoms with van der Waals surface area (Å²) in [6, 6.07) is 7.00. The van der Waals surface area contributed by atoms with Gasteiger partial charge in [-0.25, -0.2) is 0 Å². The number of likely N-dealkylation sites (N-methyl/N-ethyl adjacent to an activating group) is 1. The average molecular weight is 257 g/mol. The lowest BCUT2D eigenvalue weighted by Crippen LogP contribution is -2.25. The fourth-order valence-electron chi connectivity index (χ4n) is 2.27. The highest BCUT2D eigenvalue weighted by Crippen LogP contribution is 2.19. The van der Waals surface area contributed by atoms with Crippen LogP contribution in [0.25, 0.3) is 0 Å². The summed E-state index contributed by atoms with van der Waals surface area (Å²) in [5.74, 6) is 0. The molecule has 2 rings (SSSR count). The van der Waals surface area contributed by atoms with E-state index in [-0.39, 0.29) is 0 Å². The molecule has 0 saturated heterocycles. The predicted octanol–water partition coefficient (Wildman–Crippen LogP) is 3.16. The minimum atomic E-state index is 0.309. The highest BCUT2D eigenvalue weighted by atomic mass is 15.3. The van der Waals surface area contributed by atoms with Crippen LogP contribution in [0.1, 0.15) is 35.2 Å². The number of aryl methyl sites for hydroxylation is 3. The summed E-state index contributed by atoms with van der Waals surface area (Å²) in [4.78, 5) is 0. The fraction of sp³-hybridized carbons (Fsp3) is 0.438. The van der Waals surface area contributed by atoms with Crippen molar-refractivity contribution in [1.29, 1.82) is 0 Å². The van der Waals surface area contributed by atoms with Gasteiger partial charge < -0.3 is 5.32 Å². The number of aromatic nitrogens is 2. The van der Waals surface area contributed by atoms with Gasteiger partial charge in [0, 0.05) is 6.20 Å². The molecule has 3 nitrogen and oxygen atoms in total. The van der Waals surface area contributed by atoms with E-state index < -0.39 is 0 Å². The molecule has 0 amide bonds. The normalized spacial score (nSPS) is 12.6. The number of hydrogen-bond acceptors (Lipinski definition) is 2. The molecule has 1 atom stereocenters. The molecule has 1 aromatic carbocycles. The molecule has 3 heteroatoms. The third-order valence-corrected chi connectivity index (χ3v) is 3.52. The van der Waals surface area contributed by atoms with Crippen molar-refractivity contribution < 1.29 is 0 Å². The molecule has 1 aromatic heterocycles. The van der Waals surface area contributed by atoms with Crippen LogP contribution < -0.4 is 5.32 Å². The molecule has 1 unspecified atom stereocenters. The quantitative estimate of drug-likeness (QED) is 0.891. The molecule has 0 radical (unpaired) electrons. The van der Waals surface area contributed by atoms with Gasteiger partial charge in [0.25, 0.3) is 0 Å². The molecule has 0 aliphatic rings. The van der Waals surface area contributed by atoms with Crippen LogP contribution in [-0.4, -0.2) is 16.3 Å². The van der Waals surface area contributed by atoms with Crippen LogP contribution in [0.4, 0.5) is 0 Å². The van der Waals surface area contributed by atoms with Crippen molar-refractivity contribution in [3.8, 4) is 0 Å². The van der Waals surface area contributed by atoms with Crippen LogP contribution in [0, 0.1) is 20.8 Å². The molecule has 0 fully saturated rings. The molecule has 0 saturated carbocycles. The van der Waals surface area contributed by atoms with Gasteiger partial charge in [0.2, 0.25) is 0 Å². The number of rotatable bonds is 5. The number of benzene rings is 1. The first-order valence-electron chi connectivity index (χ1n) is 6.89. The molecule has 102 valence electrons. The minimum Gasteiger partial charge on any atom is -0.309 e. The summed E-state index contributed by atoms with van der Waals surface area (Å²) in [6.45, 7) is 10.4. The molecule has 1 heterocycles. The zero-order valence-corrected chi connectivity index (χ0v) is 12.3. The lowest BCUT2D eigenvalue weighted by atomic mass is 10.0. The van der Waals surface area contributed by atoms with Gasteiger partial charge in [-0.15, -0.1) is 0 Å². The van der Waals surface area contributed by atoms with E-state index in [4.69, 9.17) is 0 Å². The Balaban J connectivity index is 2.21. The van der Waals surface area contributed by atoms with Gasteiger partial charge in [-0.05, 0) is 49.6 Å². The Labute approximate surface area is 115 Å². The van der Waals surface area contributed by atoms with Crippen molar-refractivity contribution in [2.45, 2.75) is 40.3 Å². The van der Waals surface area contributed by atoms with Gasteiger partial charge in [-0.3, -0.25) is 4.68 Å². The molecule has 0 bridgehead atoms. The van der Waals surface area contributed by atoms with Crippen molar-refractivity contribution >= 4 is 0 Å². The van der Waals surface area contributed by atoms with E-state index in [1.54, 1.807) is 0 Å². The molecule has 1 N–H and O–H groups in total. The minimum absolute atomic E-state index is 0.309. The smallest absolute Gasteiger partial charge is 0.0604 e. The average Bonchev–Trinajstić information content (AvgIpc) is 2.78. The Morgan fingerprint density at radius 2 is 2.00 bits per heavy atom. The van der Waals surface area contributed by atoms with E-state index in [0.717, 1.165) is 13.1 Å². The monoisotopic (exact) mass is 257 g/mol. The fourth-order valence-corrected chi connectivity index (χ4v) is 2.27. The Hall–Kier alpha value is -1.61. The van der Waals surface area contributed by atoms with E-state index in [0.29, 0.717) is 6.04 Å². The van der Waals surface area contributed by atoms with E-state index in [1.807, 2.05) is 10.9 Å². The van der Waals surface area contributed by atoms with Gasteiger partial charge in [0.15, 0.2) is 0 Å².